The zero-order valence-corrected chi connectivity index (χ0v) is 12.2. The van der Waals surface area contributed by atoms with Gasteiger partial charge in [0, 0.05) is 11.6 Å². The first-order chi connectivity index (χ1) is 9.11. The molecule has 1 heterocycles. The zero-order valence-electron chi connectivity index (χ0n) is 11.4. The largest absolute Gasteiger partial charge is 0.349 e. The number of rotatable bonds is 4. The third-order valence-electron chi connectivity index (χ3n) is 3.83. The van der Waals surface area contributed by atoms with Crippen LogP contribution in [0.25, 0.3) is 0 Å². The summed E-state index contributed by atoms with van der Waals surface area (Å²) in [6.07, 6.45) is 0.862. The van der Waals surface area contributed by atoms with Gasteiger partial charge in [0.25, 0.3) is 0 Å². The molecule has 3 unspecified atom stereocenters. The van der Waals surface area contributed by atoms with Gasteiger partial charge in [-0.15, -0.1) is 0 Å². The molecule has 1 amide bonds. The normalized spacial score (nSPS) is 24.2. The molecule has 1 aromatic rings. The monoisotopic (exact) mass is 280 g/mol. The van der Waals surface area contributed by atoms with Gasteiger partial charge in [-0.3, -0.25) is 4.79 Å². The fourth-order valence-corrected chi connectivity index (χ4v) is 2.78. The van der Waals surface area contributed by atoms with E-state index in [0.717, 1.165) is 25.1 Å². The lowest BCUT2D eigenvalue weighted by molar-refractivity contribution is -0.126. The molecular formula is C15H21ClN2O. The van der Waals surface area contributed by atoms with Crippen LogP contribution < -0.4 is 10.6 Å². The molecule has 2 rings (SSSR count). The summed E-state index contributed by atoms with van der Waals surface area (Å²) < 4.78 is 0. The summed E-state index contributed by atoms with van der Waals surface area (Å²) in [5.74, 6) is 0.620. The van der Waals surface area contributed by atoms with Crippen molar-refractivity contribution >= 4 is 17.5 Å². The van der Waals surface area contributed by atoms with E-state index < -0.39 is 0 Å². The summed E-state index contributed by atoms with van der Waals surface area (Å²) in [6.45, 7) is 5.89. The molecular weight excluding hydrogens is 260 g/mol. The van der Waals surface area contributed by atoms with Crippen LogP contribution in [-0.4, -0.2) is 19.0 Å². The highest BCUT2D eigenvalue weighted by atomic mass is 35.5. The number of benzene rings is 1. The first-order valence-electron chi connectivity index (χ1n) is 6.88. The molecule has 0 bridgehead atoms. The van der Waals surface area contributed by atoms with Crippen LogP contribution in [0.3, 0.4) is 0 Å². The van der Waals surface area contributed by atoms with Crippen LogP contribution in [0.5, 0.6) is 0 Å². The van der Waals surface area contributed by atoms with Gasteiger partial charge in [0.1, 0.15) is 0 Å². The molecule has 104 valence electrons. The van der Waals surface area contributed by atoms with Crippen molar-refractivity contribution in [1.29, 1.82) is 0 Å². The van der Waals surface area contributed by atoms with Crippen molar-refractivity contribution in [1.82, 2.24) is 10.6 Å². The first kappa shape index (κ1) is 14.4. The van der Waals surface area contributed by atoms with Crippen molar-refractivity contribution in [3.63, 3.8) is 0 Å². The van der Waals surface area contributed by atoms with Crippen LogP contribution in [0.4, 0.5) is 0 Å². The average molecular weight is 281 g/mol. The predicted molar refractivity (Wildman–Crippen MR) is 78.2 cm³/mol. The lowest BCUT2D eigenvalue weighted by Gasteiger charge is -2.21. The second kappa shape index (κ2) is 6.40. The van der Waals surface area contributed by atoms with E-state index in [-0.39, 0.29) is 17.9 Å². The van der Waals surface area contributed by atoms with Crippen LogP contribution in [0, 0.1) is 11.8 Å². The maximum Gasteiger partial charge on any atom is 0.225 e. The maximum absolute atomic E-state index is 12.3. The van der Waals surface area contributed by atoms with E-state index in [4.69, 9.17) is 11.6 Å². The van der Waals surface area contributed by atoms with E-state index >= 15 is 0 Å². The minimum absolute atomic E-state index is 0.0407. The maximum atomic E-state index is 12.3. The Morgan fingerprint density at radius 1 is 1.53 bits per heavy atom. The average Bonchev–Trinajstić information content (AvgIpc) is 2.82. The van der Waals surface area contributed by atoms with E-state index in [2.05, 4.69) is 24.5 Å². The minimum atomic E-state index is 0.0407. The summed E-state index contributed by atoms with van der Waals surface area (Å²) >= 11 is 6.01. The lowest BCUT2D eigenvalue weighted by atomic mass is 9.96. The topological polar surface area (TPSA) is 41.1 Å². The Labute approximate surface area is 119 Å². The molecule has 0 aromatic heterocycles. The number of hydrogen-bond acceptors (Lipinski definition) is 2. The van der Waals surface area contributed by atoms with Gasteiger partial charge in [0.2, 0.25) is 5.91 Å². The zero-order chi connectivity index (χ0) is 13.8. The quantitative estimate of drug-likeness (QED) is 0.890. The molecule has 0 saturated carbocycles. The number of halogens is 1. The van der Waals surface area contributed by atoms with Crippen LogP contribution >= 0.6 is 11.6 Å². The third-order valence-corrected chi connectivity index (χ3v) is 4.07. The van der Waals surface area contributed by atoms with Crippen LogP contribution in [0.15, 0.2) is 24.3 Å². The second-order valence-corrected chi connectivity index (χ2v) is 5.70. The molecule has 1 saturated heterocycles. The molecule has 1 aliphatic rings. The van der Waals surface area contributed by atoms with E-state index in [9.17, 15) is 4.79 Å². The Balaban J connectivity index is 2.05. The van der Waals surface area contributed by atoms with Gasteiger partial charge in [-0.25, -0.2) is 0 Å². The molecule has 1 aromatic carbocycles. The van der Waals surface area contributed by atoms with Crippen molar-refractivity contribution < 1.29 is 4.79 Å². The van der Waals surface area contributed by atoms with E-state index in [1.54, 1.807) is 0 Å². The van der Waals surface area contributed by atoms with Crippen molar-refractivity contribution in [2.24, 2.45) is 11.8 Å². The van der Waals surface area contributed by atoms with Gasteiger partial charge in [0.15, 0.2) is 0 Å². The van der Waals surface area contributed by atoms with Crippen molar-refractivity contribution in [3.8, 4) is 0 Å². The number of carbonyl (C=O) groups is 1. The fraction of sp³-hybridized carbons (Fsp3) is 0.533. The van der Waals surface area contributed by atoms with Crippen molar-refractivity contribution in [2.45, 2.75) is 26.3 Å². The Morgan fingerprint density at radius 2 is 2.32 bits per heavy atom. The molecule has 3 nitrogen and oxygen atoms in total. The molecule has 1 fully saturated rings. The number of nitrogens with one attached hydrogen (secondary N) is 2. The molecule has 2 N–H and O–H groups in total. The summed E-state index contributed by atoms with van der Waals surface area (Å²) in [4.78, 5) is 12.3. The summed E-state index contributed by atoms with van der Waals surface area (Å²) in [7, 11) is 0. The smallest absolute Gasteiger partial charge is 0.225 e. The highest BCUT2D eigenvalue weighted by Crippen LogP contribution is 2.22. The van der Waals surface area contributed by atoms with Gasteiger partial charge in [0.05, 0.1) is 12.0 Å². The van der Waals surface area contributed by atoms with Crippen LogP contribution in [0.1, 0.15) is 31.9 Å². The molecule has 0 radical (unpaired) electrons. The fourth-order valence-electron chi connectivity index (χ4n) is 2.58. The first-order valence-corrected chi connectivity index (χ1v) is 7.26. The third kappa shape index (κ3) is 3.48. The highest BCUT2D eigenvalue weighted by molar-refractivity contribution is 6.30. The van der Waals surface area contributed by atoms with Gasteiger partial charge < -0.3 is 10.6 Å². The van der Waals surface area contributed by atoms with E-state index in [0.29, 0.717) is 10.9 Å². The molecule has 0 aliphatic carbocycles. The van der Waals surface area contributed by atoms with Gasteiger partial charge in [-0.1, -0.05) is 37.6 Å². The Kier molecular flexibility index (Phi) is 4.83. The standard InChI is InChI=1S/C15H21ClN2O/c1-3-14(11-5-4-6-12(16)7-11)18-15(19)13-9-17-8-10(13)2/h4-7,10,13-14,17H,3,8-9H2,1-2H3,(H,18,19). The van der Waals surface area contributed by atoms with Crippen molar-refractivity contribution in [3.05, 3.63) is 34.9 Å². The van der Waals surface area contributed by atoms with Gasteiger partial charge in [-0.05, 0) is 36.6 Å². The summed E-state index contributed by atoms with van der Waals surface area (Å²) in [6, 6.07) is 7.75. The lowest BCUT2D eigenvalue weighted by Crippen LogP contribution is -2.36. The molecule has 3 atom stereocenters. The van der Waals surface area contributed by atoms with E-state index in [1.807, 2.05) is 24.3 Å². The second-order valence-electron chi connectivity index (χ2n) is 5.27. The number of hydrogen-bond donors (Lipinski definition) is 2. The number of amides is 1. The Bertz CT molecular complexity index is 450. The van der Waals surface area contributed by atoms with Crippen LogP contribution in [-0.2, 0) is 4.79 Å². The molecule has 1 aliphatic heterocycles. The van der Waals surface area contributed by atoms with Gasteiger partial charge >= 0.3 is 0 Å². The Morgan fingerprint density at radius 3 is 2.89 bits per heavy atom. The van der Waals surface area contributed by atoms with Gasteiger partial charge in [-0.2, -0.15) is 0 Å². The number of carbonyl (C=O) groups excluding carboxylic acids is 1. The molecule has 0 spiro atoms. The van der Waals surface area contributed by atoms with E-state index in [1.165, 1.54) is 0 Å². The SMILES string of the molecule is CCC(NC(=O)C1CNCC1C)c1cccc(Cl)c1. The summed E-state index contributed by atoms with van der Waals surface area (Å²) in [5, 5.41) is 7.12. The van der Waals surface area contributed by atoms with Crippen LogP contribution in [0.2, 0.25) is 5.02 Å². The Hall–Kier alpha value is -1.06. The predicted octanol–water partition coefficient (Wildman–Crippen LogP) is 2.76. The highest BCUT2D eigenvalue weighted by Gasteiger charge is 2.30. The molecule has 4 heteroatoms. The summed E-state index contributed by atoms with van der Waals surface area (Å²) in [5.41, 5.74) is 1.07. The molecule has 19 heavy (non-hydrogen) atoms. The van der Waals surface area contributed by atoms with Crippen molar-refractivity contribution in [2.75, 3.05) is 13.1 Å². The minimum Gasteiger partial charge on any atom is -0.349 e.